The van der Waals surface area contributed by atoms with Gasteiger partial charge >= 0.3 is 0 Å². The molecule has 0 unspecified atom stereocenters. The molecule has 0 saturated carbocycles. The molecule has 1 aliphatic rings. The fourth-order valence-corrected chi connectivity index (χ4v) is 1.68. The number of hydrogen-bond acceptors (Lipinski definition) is 2. The van der Waals surface area contributed by atoms with E-state index in [-0.39, 0.29) is 0 Å². The molecule has 2 nitrogen and oxygen atoms in total. The molecule has 0 aromatic rings. The normalized spacial score (nSPS) is 23.5. The summed E-state index contributed by atoms with van der Waals surface area (Å²) in [6.07, 6.45) is 3.66. The van der Waals surface area contributed by atoms with Crippen LogP contribution >= 0.6 is 0 Å². The lowest BCUT2D eigenvalue weighted by molar-refractivity contribution is 0.159. The Bertz CT molecular complexity index is 95.8. The molecule has 74 valence electrons. The van der Waals surface area contributed by atoms with Crippen LogP contribution in [0.25, 0.3) is 0 Å². The monoisotopic (exact) mass is 173 g/mol. The highest BCUT2D eigenvalue weighted by Gasteiger charge is 2.21. The average Bonchev–Trinajstić information content (AvgIpc) is 2.56. The second kappa shape index (κ2) is 7.56. The summed E-state index contributed by atoms with van der Waals surface area (Å²) < 4.78 is 0. The maximum absolute atomic E-state index is 8.92. The Morgan fingerprint density at radius 3 is 2.58 bits per heavy atom. The highest BCUT2D eigenvalue weighted by atomic mass is 16.3. The first-order valence-corrected chi connectivity index (χ1v) is 5.23. The van der Waals surface area contributed by atoms with Crippen LogP contribution in [0.2, 0.25) is 0 Å². The molecule has 12 heavy (non-hydrogen) atoms. The molecule has 1 rings (SSSR count). The van der Waals surface area contributed by atoms with Crippen molar-refractivity contribution in [1.29, 1.82) is 0 Å². The van der Waals surface area contributed by atoms with E-state index in [2.05, 4.69) is 11.8 Å². The Labute approximate surface area is 76.6 Å². The molecule has 0 spiro atoms. The van der Waals surface area contributed by atoms with Crippen LogP contribution in [-0.2, 0) is 0 Å². The van der Waals surface area contributed by atoms with E-state index < -0.39 is 0 Å². The van der Waals surface area contributed by atoms with Crippen LogP contribution in [0.3, 0.4) is 0 Å². The van der Waals surface area contributed by atoms with Crippen molar-refractivity contribution >= 4 is 0 Å². The predicted molar refractivity (Wildman–Crippen MR) is 53.3 cm³/mol. The van der Waals surface area contributed by atoms with Crippen molar-refractivity contribution in [2.75, 3.05) is 19.7 Å². The minimum absolute atomic E-state index is 0.347. The molecule has 1 saturated heterocycles. The van der Waals surface area contributed by atoms with Crippen LogP contribution in [0.1, 0.15) is 40.0 Å². The highest BCUT2D eigenvalue weighted by molar-refractivity contribution is 4.77. The summed E-state index contributed by atoms with van der Waals surface area (Å²) in [5.74, 6) is 0. The van der Waals surface area contributed by atoms with Crippen LogP contribution in [0.5, 0.6) is 0 Å². The minimum atomic E-state index is 0.347. The van der Waals surface area contributed by atoms with E-state index in [0.29, 0.717) is 12.6 Å². The summed E-state index contributed by atoms with van der Waals surface area (Å²) in [5, 5.41) is 8.92. The van der Waals surface area contributed by atoms with Gasteiger partial charge in [-0.1, -0.05) is 20.8 Å². The third kappa shape index (κ3) is 3.55. The lowest BCUT2D eigenvalue weighted by atomic mass is 10.2. The van der Waals surface area contributed by atoms with Gasteiger partial charge < -0.3 is 5.11 Å². The van der Waals surface area contributed by atoms with Crippen LogP contribution in [0.4, 0.5) is 0 Å². The van der Waals surface area contributed by atoms with Gasteiger partial charge in [-0.2, -0.15) is 0 Å². The smallest absolute Gasteiger partial charge is 0.0586 e. The molecular weight excluding hydrogens is 150 g/mol. The van der Waals surface area contributed by atoms with Gasteiger partial charge in [0.2, 0.25) is 0 Å². The van der Waals surface area contributed by atoms with Crippen molar-refractivity contribution in [2.24, 2.45) is 0 Å². The summed E-state index contributed by atoms with van der Waals surface area (Å²) >= 11 is 0. The molecule has 1 N–H and O–H groups in total. The maximum Gasteiger partial charge on any atom is 0.0586 e. The van der Waals surface area contributed by atoms with Gasteiger partial charge in [-0.05, 0) is 32.4 Å². The van der Waals surface area contributed by atoms with E-state index in [1.165, 1.54) is 25.8 Å². The first-order valence-electron chi connectivity index (χ1n) is 5.23. The molecule has 0 aromatic carbocycles. The van der Waals surface area contributed by atoms with Gasteiger partial charge in [0, 0.05) is 6.04 Å². The van der Waals surface area contributed by atoms with Crippen molar-refractivity contribution < 1.29 is 5.11 Å². The summed E-state index contributed by atoms with van der Waals surface area (Å²) in [4.78, 5) is 2.39. The lowest BCUT2D eigenvalue weighted by Gasteiger charge is -2.21. The van der Waals surface area contributed by atoms with E-state index in [1.54, 1.807) is 0 Å². The molecule has 1 heterocycles. The van der Waals surface area contributed by atoms with Gasteiger partial charge in [-0.15, -0.1) is 0 Å². The number of nitrogens with zero attached hydrogens (tertiary/aromatic N) is 1. The molecule has 0 amide bonds. The van der Waals surface area contributed by atoms with Crippen molar-refractivity contribution in [3.63, 3.8) is 0 Å². The van der Waals surface area contributed by atoms with Gasteiger partial charge in [-0.3, -0.25) is 4.90 Å². The molecule has 2 heteroatoms. The molecule has 1 aliphatic heterocycles. The standard InChI is InChI=1S/C8H17NO.C2H6/c1-2-5-9-6-3-4-8(9)7-10;1-2/h8,10H,2-7H2,1H3;1-2H3/t8-;/m1./s1. The van der Waals surface area contributed by atoms with Gasteiger partial charge in [0.25, 0.3) is 0 Å². The van der Waals surface area contributed by atoms with E-state index in [9.17, 15) is 0 Å². The topological polar surface area (TPSA) is 23.5 Å². The second-order valence-electron chi connectivity index (χ2n) is 3.01. The molecule has 0 radical (unpaired) electrons. The Balaban J connectivity index is 0.000000561. The van der Waals surface area contributed by atoms with E-state index in [1.807, 2.05) is 13.8 Å². The number of hydrogen-bond donors (Lipinski definition) is 1. The van der Waals surface area contributed by atoms with Gasteiger partial charge in [0.15, 0.2) is 0 Å². The van der Waals surface area contributed by atoms with Gasteiger partial charge in [-0.25, -0.2) is 0 Å². The van der Waals surface area contributed by atoms with E-state index in [4.69, 9.17) is 5.11 Å². The zero-order chi connectivity index (χ0) is 9.40. The quantitative estimate of drug-likeness (QED) is 0.704. The average molecular weight is 173 g/mol. The minimum Gasteiger partial charge on any atom is -0.395 e. The largest absolute Gasteiger partial charge is 0.395 e. The highest BCUT2D eigenvalue weighted by Crippen LogP contribution is 2.15. The van der Waals surface area contributed by atoms with Crippen molar-refractivity contribution in [1.82, 2.24) is 4.90 Å². The fourth-order valence-electron chi connectivity index (χ4n) is 1.68. The van der Waals surface area contributed by atoms with Crippen LogP contribution < -0.4 is 0 Å². The Morgan fingerprint density at radius 2 is 2.08 bits per heavy atom. The lowest BCUT2D eigenvalue weighted by Crippen LogP contribution is -2.32. The van der Waals surface area contributed by atoms with Crippen molar-refractivity contribution in [3.8, 4) is 0 Å². The number of aliphatic hydroxyl groups excluding tert-OH is 1. The van der Waals surface area contributed by atoms with Crippen molar-refractivity contribution in [2.45, 2.75) is 46.1 Å². The Kier molecular flexibility index (Phi) is 7.51. The number of likely N-dealkylation sites (tertiary alicyclic amines) is 1. The summed E-state index contributed by atoms with van der Waals surface area (Å²) in [5.41, 5.74) is 0. The molecule has 1 atom stereocenters. The number of rotatable bonds is 3. The zero-order valence-corrected chi connectivity index (χ0v) is 8.71. The fraction of sp³-hybridized carbons (Fsp3) is 1.00. The summed E-state index contributed by atoms with van der Waals surface area (Å²) in [7, 11) is 0. The third-order valence-electron chi connectivity index (χ3n) is 2.22. The van der Waals surface area contributed by atoms with Crippen molar-refractivity contribution in [3.05, 3.63) is 0 Å². The summed E-state index contributed by atoms with van der Waals surface area (Å²) in [6, 6.07) is 0.472. The van der Waals surface area contributed by atoms with Crippen LogP contribution in [0, 0.1) is 0 Å². The van der Waals surface area contributed by atoms with Gasteiger partial charge in [0.05, 0.1) is 6.61 Å². The maximum atomic E-state index is 8.92. The molecule has 0 aliphatic carbocycles. The first kappa shape index (κ1) is 11.9. The van der Waals surface area contributed by atoms with E-state index >= 15 is 0 Å². The molecule has 1 fully saturated rings. The molecule has 0 bridgehead atoms. The van der Waals surface area contributed by atoms with E-state index in [0.717, 1.165) is 6.54 Å². The third-order valence-corrected chi connectivity index (χ3v) is 2.22. The molecular formula is C10H23NO. The van der Waals surface area contributed by atoms with Crippen LogP contribution in [0.15, 0.2) is 0 Å². The number of aliphatic hydroxyl groups is 1. The summed E-state index contributed by atoms with van der Waals surface area (Å²) in [6.45, 7) is 8.89. The SMILES string of the molecule is CC.CCCN1CCC[C@@H]1CO. The molecule has 0 aromatic heterocycles. The Morgan fingerprint density at radius 1 is 1.42 bits per heavy atom. The predicted octanol–water partition coefficient (Wildman–Crippen LogP) is 1.88. The Hall–Kier alpha value is -0.0800. The first-order chi connectivity index (χ1) is 5.88. The van der Waals surface area contributed by atoms with Gasteiger partial charge in [0.1, 0.15) is 0 Å². The zero-order valence-electron chi connectivity index (χ0n) is 8.71. The second-order valence-corrected chi connectivity index (χ2v) is 3.01. The van der Waals surface area contributed by atoms with Crippen LogP contribution in [-0.4, -0.2) is 35.7 Å².